The molecule has 2 N–H and O–H groups in total. The zero-order valence-corrected chi connectivity index (χ0v) is 9.47. The van der Waals surface area contributed by atoms with Gasteiger partial charge >= 0.3 is 5.97 Å². The number of hydrogen-bond acceptors (Lipinski definition) is 4. The molecule has 5 heteroatoms. The standard InChI is InChI=1S/C12H13N3O2/c1-8-12(13-7-6-11(16)17)9-4-2-3-5-10(9)15-14-8/h2-5H,6-7H2,1H3,(H,13,15)(H,16,17). The molecule has 0 aliphatic heterocycles. The van der Waals surface area contributed by atoms with Crippen molar-refractivity contribution in [3.05, 3.63) is 30.0 Å². The van der Waals surface area contributed by atoms with Crippen LogP contribution in [0.1, 0.15) is 12.1 Å². The number of rotatable bonds is 4. The molecule has 1 heterocycles. The molecule has 0 amide bonds. The van der Waals surface area contributed by atoms with Crippen LogP contribution in [0.25, 0.3) is 10.9 Å². The van der Waals surface area contributed by atoms with Crippen molar-refractivity contribution < 1.29 is 9.90 Å². The van der Waals surface area contributed by atoms with Crippen LogP contribution in [-0.4, -0.2) is 27.8 Å². The van der Waals surface area contributed by atoms with Crippen molar-refractivity contribution in [2.24, 2.45) is 0 Å². The number of hydrogen-bond donors (Lipinski definition) is 2. The molecule has 0 unspecified atom stereocenters. The summed E-state index contributed by atoms with van der Waals surface area (Å²) in [5.41, 5.74) is 2.43. The van der Waals surface area contributed by atoms with E-state index in [1.807, 2.05) is 31.2 Å². The Morgan fingerprint density at radius 1 is 1.35 bits per heavy atom. The Labute approximate surface area is 98.5 Å². The highest BCUT2D eigenvalue weighted by Gasteiger charge is 2.06. The molecule has 5 nitrogen and oxygen atoms in total. The summed E-state index contributed by atoms with van der Waals surface area (Å²) in [6.45, 7) is 2.23. The number of aliphatic carboxylic acids is 1. The third kappa shape index (κ3) is 2.50. The zero-order chi connectivity index (χ0) is 12.3. The Morgan fingerprint density at radius 2 is 2.12 bits per heavy atom. The van der Waals surface area contributed by atoms with E-state index in [0.29, 0.717) is 6.54 Å². The fourth-order valence-electron chi connectivity index (χ4n) is 1.66. The number of fused-ring (bicyclic) bond motifs is 1. The van der Waals surface area contributed by atoms with E-state index in [-0.39, 0.29) is 6.42 Å². The Hall–Kier alpha value is -2.17. The summed E-state index contributed by atoms with van der Waals surface area (Å²) < 4.78 is 0. The van der Waals surface area contributed by atoms with Gasteiger partial charge in [-0.2, -0.15) is 10.2 Å². The molecule has 2 aromatic rings. The predicted molar refractivity (Wildman–Crippen MR) is 65.0 cm³/mol. The highest BCUT2D eigenvalue weighted by molar-refractivity contribution is 5.91. The lowest BCUT2D eigenvalue weighted by molar-refractivity contribution is -0.136. The first kappa shape index (κ1) is 11.3. The molecular formula is C12H13N3O2. The summed E-state index contributed by atoms with van der Waals surface area (Å²) in [5.74, 6) is -0.818. The van der Waals surface area contributed by atoms with Gasteiger partial charge in [-0.1, -0.05) is 18.2 Å². The maximum Gasteiger partial charge on any atom is 0.305 e. The van der Waals surface area contributed by atoms with Crippen molar-refractivity contribution in [3.63, 3.8) is 0 Å². The van der Waals surface area contributed by atoms with Gasteiger partial charge in [-0.25, -0.2) is 0 Å². The fourth-order valence-corrected chi connectivity index (χ4v) is 1.66. The van der Waals surface area contributed by atoms with E-state index < -0.39 is 5.97 Å². The van der Waals surface area contributed by atoms with Gasteiger partial charge in [-0.05, 0) is 13.0 Å². The Balaban J connectivity index is 2.31. The lowest BCUT2D eigenvalue weighted by atomic mass is 10.1. The summed E-state index contributed by atoms with van der Waals surface area (Å²) in [6, 6.07) is 7.64. The molecule has 0 saturated carbocycles. The molecule has 0 saturated heterocycles. The van der Waals surface area contributed by atoms with Gasteiger partial charge in [-0.15, -0.1) is 0 Å². The number of carboxylic acids is 1. The fraction of sp³-hybridized carbons (Fsp3) is 0.250. The van der Waals surface area contributed by atoms with Gasteiger partial charge in [0.05, 0.1) is 23.3 Å². The molecule has 88 valence electrons. The van der Waals surface area contributed by atoms with Crippen molar-refractivity contribution >= 4 is 22.6 Å². The monoisotopic (exact) mass is 231 g/mol. The van der Waals surface area contributed by atoms with Gasteiger partial charge in [0.2, 0.25) is 0 Å². The molecule has 0 aliphatic carbocycles. The minimum Gasteiger partial charge on any atom is -0.481 e. The predicted octanol–water partition coefficient (Wildman–Crippen LogP) is 1.82. The molecule has 0 radical (unpaired) electrons. The number of carboxylic acid groups (broad SMARTS) is 1. The maximum absolute atomic E-state index is 10.5. The molecule has 0 fully saturated rings. The normalized spacial score (nSPS) is 10.4. The first-order valence-corrected chi connectivity index (χ1v) is 5.36. The van der Waals surface area contributed by atoms with Crippen molar-refractivity contribution in [1.82, 2.24) is 10.2 Å². The van der Waals surface area contributed by atoms with Crippen molar-refractivity contribution in [3.8, 4) is 0 Å². The summed E-state index contributed by atoms with van der Waals surface area (Å²) in [4.78, 5) is 10.5. The number of benzene rings is 1. The third-order valence-corrected chi connectivity index (χ3v) is 2.48. The van der Waals surface area contributed by atoms with Crippen LogP contribution in [0.15, 0.2) is 24.3 Å². The van der Waals surface area contributed by atoms with Crippen molar-refractivity contribution in [1.29, 1.82) is 0 Å². The number of nitrogens with zero attached hydrogens (tertiary/aromatic N) is 2. The summed E-state index contributed by atoms with van der Waals surface area (Å²) in [5, 5.41) is 20.8. The second-order valence-corrected chi connectivity index (χ2v) is 3.75. The molecule has 2 rings (SSSR count). The smallest absolute Gasteiger partial charge is 0.305 e. The number of carbonyl (C=O) groups is 1. The van der Waals surface area contributed by atoms with E-state index in [1.54, 1.807) is 0 Å². The van der Waals surface area contributed by atoms with Crippen LogP contribution >= 0.6 is 0 Å². The number of nitrogens with one attached hydrogen (secondary N) is 1. The van der Waals surface area contributed by atoms with Crippen LogP contribution in [0, 0.1) is 6.92 Å². The molecule has 0 atom stereocenters. The third-order valence-electron chi connectivity index (χ3n) is 2.48. The average molecular weight is 231 g/mol. The largest absolute Gasteiger partial charge is 0.481 e. The van der Waals surface area contributed by atoms with Crippen LogP contribution in [0.3, 0.4) is 0 Å². The van der Waals surface area contributed by atoms with E-state index in [1.165, 1.54) is 0 Å². The minimum atomic E-state index is -0.818. The minimum absolute atomic E-state index is 0.0795. The lowest BCUT2D eigenvalue weighted by Crippen LogP contribution is -2.09. The highest BCUT2D eigenvalue weighted by Crippen LogP contribution is 2.23. The van der Waals surface area contributed by atoms with E-state index in [0.717, 1.165) is 22.3 Å². The van der Waals surface area contributed by atoms with E-state index in [2.05, 4.69) is 15.5 Å². The van der Waals surface area contributed by atoms with Crippen LogP contribution < -0.4 is 5.32 Å². The Bertz CT molecular complexity index is 554. The number of aromatic nitrogens is 2. The molecule has 0 bridgehead atoms. The van der Waals surface area contributed by atoms with Crippen LogP contribution in [0.4, 0.5) is 5.69 Å². The zero-order valence-electron chi connectivity index (χ0n) is 9.47. The summed E-state index contributed by atoms with van der Waals surface area (Å²) in [6.07, 6.45) is 0.0795. The molecule has 17 heavy (non-hydrogen) atoms. The number of aryl methyl sites for hydroxylation is 1. The maximum atomic E-state index is 10.5. The highest BCUT2D eigenvalue weighted by atomic mass is 16.4. The Kier molecular flexibility index (Phi) is 3.18. The SMILES string of the molecule is Cc1nnc2ccccc2c1NCCC(=O)O. The van der Waals surface area contributed by atoms with Crippen LogP contribution in [-0.2, 0) is 4.79 Å². The van der Waals surface area contributed by atoms with E-state index in [4.69, 9.17) is 5.11 Å². The van der Waals surface area contributed by atoms with Gasteiger partial charge in [0, 0.05) is 11.9 Å². The van der Waals surface area contributed by atoms with Gasteiger partial charge in [-0.3, -0.25) is 4.79 Å². The molecule has 1 aromatic heterocycles. The molecule has 0 spiro atoms. The molecular weight excluding hydrogens is 218 g/mol. The topological polar surface area (TPSA) is 75.1 Å². The second-order valence-electron chi connectivity index (χ2n) is 3.75. The quantitative estimate of drug-likeness (QED) is 0.839. The molecule has 1 aromatic carbocycles. The van der Waals surface area contributed by atoms with E-state index in [9.17, 15) is 4.79 Å². The van der Waals surface area contributed by atoms with Gasteiger partial charge in [0.15, 0.2) is 0 Å². The molecule has 0 aliphatic rings. The second kappa shape index (κ2) is 4.78. The van der Waals surface area contributed by atoms with Crippen LogP contribution in [0.5, 0.6) is 0 Å². The first-order valence-electron chi connectivity index (χ1n) is 5.36. The average Bonchev–Trinajstić information content (AvgIpc) is 2.32. The van der Waals surface area contributed by atoms with Crippen molar-refractivity contribution in [2.45, 2.75) is 13.3 Å². The van der Waals surface area contributed by atoms with Gasteiger partial charge in [0.1, 0.15) is 0 Å². The van der Waals surface area contributed by atoms with Gasteiger partial charge in [0.25, 0.3) is 0 Å². The first-order chi connectivity index (χ1) is 8.18. The number of anilines is 1. The van der Waals surface area contributed by atoms with Crippen LogP contribution in [0.2, 0.25) is 0 Å². The summed E-state index contributed by atoms with van der Waals surface area (Å²) in [7, 11) is 0. The Morgan fingerprint density at radius 3 is 2.88 bits per heavy atom. The van der Waals surface area contributed by atoms with Gasteiger partial charge < -0.3 is 10.4 Å². The van der Waals surface area contributed by atoms with Crippen molar-refractivity contribution in [2.75, 3.05) is 11.9 Å². The van der Waals surface area contributed by atoms with E-state index >= 15 is 0 Å². The lowest BCUT2D eigenvalue weighted by Gasteiger charge is -2.10. The summed E-state index contributed by atoms with van der Waals surface area (Å²) >= 11 is 0.